The first kappa shape index (κ1) is 22.0. The molecule has 0 radical (unpaired) electrons. The first-order valence-corrected chi connectivity index (χ1v) is 10.2. The van der Waals surface area contributed by atoms with Gasteiger partial charge in [-0.2, -0.15) is 0 Å². The van der Waals surface area contributed by atoms with Crippen LogP contribution in [0.25, 0.3) is 11.1 Å². The van der Waals surface area contributed by atoms with Gasteiger partial charge in [0.05, 0.1) is 16.1 Å². The molecule has 27 heavy (non-hydrogen) atoms. The Morgan fingerprint density at radius 1 is 1.07 bits per heavy atom. The molecule has 1 N–H and O–H groups in total. The average Bonchev–Trinajstić information content (AvgIpc) is 2.69. The van der Waals surface area contributed by atoms with E-state index in [0.29, 0.717) is 23.0 Å². The summed E-state index contributed by atoms with van der Waals surface area (Å²) in [6, 6.07) is 13.5. The first-order valence-electron chi connectivity index (χ1n) is 9.15. The van der Waals surface area contributed by atoms with E-state index in [2.05, 4.69) is 12.2 Å². The van der Waals surface area contributed by atoms with Crippen LogP contribution in [0.5, 0.6) is 0 Å². The number of nitrogens with one attached hydrogen (secondary N) is 1. The van der Waals surface area contributed by atoms with Crippen LogP contribution in [0.1, 0.15) is 31.7 Å². The molecule has 0 aliphatic heterocycles. The van der Waals surface area contributed by atoms with Crippen LogP contribution in [-0.4, -0.2) is 30.0 Å². The fourth-order valence-corrected chi connectivity index (χ4v) is 3.35. The molecule has 2 aromatic rings. The van der Waals surface area contributed by atoms with E-state index >= 15 is 0 Å². The van der Waals surface area contributed by atoms with Crippen LogP contribution in [0.3, 0.4) is 0 Å². The van der Waals surface area contributed by atoms with Gasteiger partial charge in [0.15, 0.2) is 0 Å². The summed E-state index contributed by atoms with van der Waals surface area (Å²) in [6.45, 7) is 2.58. The fraction of sp³-hybridized carbons (Fsp3) is 0.381. The number of rotatable bonds is 9. The first-order chi connectivity index (χ1) is 13.0. The van der Waals surface area contributed by atoms with E-state index in [1.807, 2.05) is 36.4 Å². The minimum absolute atomic E-state index is 0.0694. The van der Waals surface area contributed by atoms with Gasteiger partial charge in [0.25, 0.3) is 5.91 Å². The molecular weight excluding hydrogens is 403 g/mol. The van der Waals surface area contributed by atoms with Crippen molar-refractivity contribution >= 4 is 40.9 Å². The molecule has 0 aromatic heterocycles. The fourth-order valence-electron chi connectivity index (χ4n) is 2.85. The summed E-state index contributed by atoms with van der Waals surface area (Å²) < 4.78 is 1.30. The number of halogens is 3. The maximum absolute atomic E-state index is 12.4. The van der Waals surface area contributed by atoms with Gasteiger partial charge in [0.2, 0.25) is 0 Å². The Hall–Kier alpha value is -1.26. The van der Waals surface area contributed by atoms with E-state index in [1.165, 1.54) is 4.42 Å². The maximum Gasteiger partial charge on any atom is 0.254 e. The van der Waals surface area contributed by atoms with Crippen molar-refractivity contribution in [3.05, 3.63) is 58.1 Å². The molecular formula is C21H25Cl3N2O. The standard InChI is InChI=1S/C21H25Cl3N2O/c1-3-4-5-20(25-2)21(27)26(24)13-12-15-6-8-16(9-7-15)17-10-11-18(22)19(23)14-17/h6-11,14,20,25H,3-5,12-13H2,1-2H3/t20-/m0/s1. The van der Waals surface area contributed by atoms with Crippen LogP contribution in [0.15, 0.2) is 42.5 Å². The number of carbonyl (C=O) groups excluding carboxylic acids is 1. The van der Waals surface area contributed by atoms with Crippen LogP contribution in [0, 0.1) is 0 Å². The Bertz CT molecular complexity index is 750. The quantitative estimate of drug-likeness (QED) is 0.500. The van der Waals surface area contributed by atoms with Gasteiger partial charge in [-0.3, -0.25) is 9.21 Å². The zero-order chi connectivity index (χ0) is 19.8. The van der Waals surface area contributed by atoms with E-state index in [-0.39, 0.29) is 11.9 Å². The van der Waals surface area contributed by atoms with Gasteiger partial charge >= 0.3 is 0 Å². The Labute approximate surface area is 176 Å². The molecule has 0 saturated heterocycles. The smallest absolute Gasteiger partial charge is 0.254 e. The van der Waals surface area contributed by atoms with Gasteiger partial charge in [-0.05, 0) is 48.7 Å². The number of amides is 1. The second-order valence-corrected chi connectivity index (χ2v) is 7.71. The SMILES string of the molecule is CCCC[C@H](NC)C(=O)N(Cl)CCc1ccc(-c2ccc(Cl)c(Cl)c2)cc1. The second-order valence-electron chi connectivity index (χ2n) is 6.48. The number of likely N-dealkylation sites (N-methyl/N-ethyl adjacent to an activating group) is 1. The van der Waals surface area contributed by atoms with Crippen molar-refractivity contribution in [1.82, 2.24) is 9.74 Å². The van der Waals surface area contributed by atoms with Crippen molar-refractivity contribution in [3.63, 3.8) is 0 Å². The van der Waals surface area contributed by atoms with E-state index in [9.17, 15) is 4.79 Å². The summed E-state index contributed by atoms with van der Waals surface area (Å²) in [5.74, 6) is -0.0694. The number of hydrogen-bond acceptors (Lipinski definition) is 2. The van der Waals surface area contributed by atoms with Gasteiger partial charge in [-0.1, -0.05) is 73.3 Å². The Morgan fingerprint density at radius 3 is 2.33 bits per heavy atom. The summed E-state index contributed by atoms with van der Waals surface area (Å²) >= 11 is 18.3. The zero-order valence-electron chi connectivity index (χ0n) is 15.6. The normalized spacial score (nSPS) is 12.0. The third-order valence-electron chi connectivity index (χ3n) is 4.54. The molecule has 1 atom stereocenters. The number of carbonyl (C=O) groups is 1. The largest absolute Gasteiger partial charge is 0.309 e. The van der Waals surface area contributed by atoms with Gasteiger partial charge in [-0.25, -0.2) is 0 Å². The number of unbranched alkanes of at least 4 members (excludes halogenated alkanes) is 1. The lowest BCUT2D eigenvalue weighted by Gasteiger charge is -2.21. The predicted octanol–water partition coefficient (Wildman–Crippen LogP) is 5.96. The van der Waals surface area contributed by atoms with Crippen molar-refractivity contribution in [3.8, 4) is 11.1 Å². The van der Waals surface area contributed by atoms with Crippen molar-refractivity contribution < 1.29 is 4.79 Å². The zero-order valence-corrected chi connectivity index (χ0v) is 17.9. The van der Waals surface area contributed by atoms with Crippen molar-refractivity contribution in [2.75, 3.05) is 13.6 Å². The lowest BCUT2D eigenvalue weighted by atomic mass is 10.0. The Kier molecular flexibility index (Phi) is 8.91. The Balaban J connectivity index is 1.94. The minimum atomic E-state index is -0.223. The molecule has 0 aliphatic carbocycles. The van der Waals surface area contributed by atoms with Crippen LogP contribution in [0.2, 0.25) is 10.0 Å². The van der Waals surface area contributed by atoms with E-state index in [4.69, 9.17) is 35.0 Å². The summed E-state index contributed by atoms with van der Waals surface area (Å²) in [5, 5.41) is 4.14. The minimum Gasteiger partial charge on any atom is -0.309 e. The molecule has 0 spiro atoms. The van der Waals surface area contributed by atoms with Crippen molar-refractivity contribution in [2.24, 2.45) is 0 Å². The number of nitrogens with zero attached hydrogens (tertiary/aromatic N) is 1. The van der Waals surface area contributed by atoms with Gasteiger partial charge in [0.1, 0.15) is 0 Å². The van der Waals surface area contributed by atoms with Gasteiger partial charge in [0, 0.05) is 18.3 Å². The van der Waals surface area contributed by atoms with Crippen LogP contribution in [0.4, 0.5) is 0 Å². The van der Waals surface area contributed by atoms with E-state index in [1.54, 1.807) is 13.1 Å². The highest BCUT2D eigenvalue weighted by molar-refractivity contribution is 6.42. The molecule has 0 aliphatic rings. The van der Waals surface area contributed by atoms with Crippen LogP contribution in [-0.2, 0) is 11.2 Å². The summed E-state index contributed by atoms with van der Waals surface area (Å²) in [7, 11) is 1.80. The molecule has 6 heteroatoms. The summed E-state index contributed by atoms with van der Waals surface area (Å²) in [6.07, 6.45) is 3.55. The molecule has 1 amide bonds. The highest BCUT2D eigenvalue weighted by Crippen LogP contribution is 2.28. The van der Waals surface area contributed by atoms with Gasteiger partial charge in [-0.15, -0.1) is 0 Å². The summed E-state index contributed by atoms with van der Waals surface area (Å²) in [5.41, 5.74) is 3.19. The molecule has 146 valence electrons. The summed E-state index contributed by atoms with van der Waals surface area (Å²) in [4.78, 5) is 12.4. The van der Waals surface area contributed by atoms with Crippen molar-refractivity contribution in [1.29, 1.82) is 0 Å². The third kappa shape index (κ3) is 6.39. The molecule has 3 nitrogen and oxygen atoms in total. The Morgan fingerprint density at radius 2 is 1.74 bits per heavy atom. The molecule has 0 bridgehead atoms. The molecule has 0 unspecified atom stereocenters. The lowest BCUT2D eigenvalue weighted by molar-refractivity contribution is -0.128. The highest BCUT2D eigenvalue weighted by Gasteiger charge is 2.21. The second kappa shape index (κ2) is 10.9. The molecule has 0 heterocycles. The topological polar surface area (TPSA) is 32.3 Å². The highest BCUT2D eigenvalue weighted by atomic mass is 35.5. The number of hydrogen-bond donors (Lipinski definition) is 1. The monoisotopic (exact) mass is 426 g/mol. The number of benzene rings is 2. The lowest BCUT2D eigenvalue weighted by Crippen LogP contribution is -2.42. The maximum atomic E-state index is 12.4. The molecule has 2 aromatic carbocycles. The predicted molar refractivity (Wildman–Crippen MR) is 116 cm³/mol. The molecule has 0 fully saturated rings. The van der Waals surface area contributed by atoms with E-state index in [0.717, 1.165) is 36.0 Å². The van der Waals surface area contributed by atoms with E-state index < -0.39 is 0 Å². The average molecular weight is 428 g/mol. The van der Waals surface area contributed by atoms with Crippen molar-refractivity contribution in [2.45, 2.75) is 38.6 Å². The molecule has 2 rings (SSSR count). The van der Waals surface area contributed by atoms with Crippen LogP contribution < -0.4 is 5.32 Å². The third-order valence-corrected chi connectivity index (χ3v) is 5.61. The van der Waals surface area contributed by atoms with Gasteiger partial charge < -0.3 is 5.32 Å². The molecule has 0 saturated carbocycles. The van der Waals surface area contributed by atoms with Crippen LogP contribution >= 0.6 is 35.0 Å².